The van der Waals surface area contributed by atoms with Crippen molar-refractivity contribution in [1.82, 2.24) is 0 Å². The summed E-state index contributed by atoms with van der Waals surface area (Å²) in [4.78, 5) is 0. The Balaban J connectivity index is 3.19. The maximum Gasteiger partial charge on any atom is 0.124 e. The Kier molecular flexibility index (Phi) is 2.07. The molecule has 0 aliphatic heterocycles. The minimum atomic E-state index is -0.388. The lowest BCUT2D eigenvalue weighted by atomic mass is 10.2. The number of halogens is 1. The molecule has 0 fully saturated rings. The normalized spacial score (nSPS) is 8.82. The topological polar surface area (TPSA) is 35.8 Å². The van der Waals surface area contributed by atoms with Crippen LogP contribution in [0.2, 0.25) is 0 Å². The summed E-state index contributed by atoms with van der Waals surface area (Å²) in [6.45, 7) is 0. The number of hydrogen-bond donors (Lipinski definition) is 1. The highest BCUT2D eigenvalue weighted by atomic mass is 19.1. The van der Waals surface area contributed by atoms with E-state index in [1.807, 2.05) is 6.07 Å². The molecule has 0 saturated carbocycles. The molecule has 0 amide bonds. The number of hydrogen-bond acceptors (Lipinski definition) is 2. The molecule has 0 saturated heterocycles. The summed E-state index contributed by atoms with van der Waals surface area (Å²) < 4.78 is 12.5. The van der Waals surface area contributed by atoms with Gasteiger partial charge in [0, 0.05) is 7.05 Å². The van der Waals surface area contributed by atoms with E-state index in [9.17, 15) is 4.39 Å². The van der Waals surface area contributed by atoms with Gasteiger partial charge in [0.2, 0.25) is 0 Å². The number of anilines is 1. The highest BCUT2D eigenvalue weighted by Gasteiger charge is 1.99. The van der Waals surface area contributed by atoms with Crippen LogP contribution in [0.15, 0.2) is 18.2 Å². The smallest absolute Gasteiger partial charge is 0.124 e. The average Bonchev–Trinajstić information content (AvgIpc) is 2.04. The predicted octanol–water partition coefficient (Wildman–Crippen LogP) is 1.74. The largest absolute Gasteiger partial charge is 0.387 e. The van der Waals surface area contributed by atoms with Crippen molar-refractivity contribution in [3.63, 3.8) is 0 Å². The Labute approximate surface area is 64.3 Å². The first-order valence-corrected chi connectivity index (χ1v) is 3.15. The van der Waals surface area contributed by atoms with E-state index in [1.165, 1.54) is 18.2 Å². The van der Waals surface area contributed by atoms with Gasteiger partial charge in [-0.25, -0.2) is 4.39 Å². The lowest BCUT2D eigenvalue weighted by molar-refractivity contribution is 0.627. The molecule has 0 radical (unpaired) electrons. The van der Waals surface area contributed by atoms with Gasteiger partial charge in [-0.05, 0) is 18.2 Å². The van der Waals surface area contributed by atoms with Crippen LogP contribution in [0.1, 0.15) is 5.56 Å². The van der Waals surface area contributed by atoms with Crippen LogP contribution >= 0.6 is 0 Å². The third-order valence-electron chi connectivity index (χ3n) is 1.37. The van der Waals surface area contributed by atoms with Gasteiger partial charge in [-0.2, -0.15) is 5.26 Å². The Morgan fingerprint density at radius 2 is 2.27 bits per heavy atom. The summed E-state index contributed by atoms with van der Waals surface area (Å²) in [6, 6.07) is 5.93. The lowest BCUT2D eigenvalue weighted by Crippen LogP contribution is -1.92. The fraction of sp³-hybridized carbons (Fsp3) is 0.125. The van der Waals surface area contributed by atoms with E-state index in [-0.39, 0.29) is 5.82 Å². The molecular weight excluding hydrogens is 143 g/mol. The molecule has 56 valence electrons. The van der Waals surface area contributed by atoms with Crippen LogP contribution in [-0.4, -0.2) is 7.05 Å². The van der Waals surface area contributed by atoms with Gasteiger partial charge in [0.05, 0.1) is 11.3 Å². The Hall–Kier alpha value is -1.56. The van der Waals surface area contributed by atoms with Crippen molar-refractivity contribution < 1.29 is 4.39 Å². The van der Waals surface area contributed by atoms with Crippen LogP contribution in [-0.2, 0) is 0 Å². The van der Waals surface area contributed by atoms with Crippen LogP contribution in [0.3, 0.4) is 0 Å². The second-order valence-electron chi connectivity index (χ2n) is 2.05. The van der Waals surface area contributed by atoms with E-state index in [0.29, 0.717) is 11.3 Å². The minimum Gasteiger partial charge on any atom is -0.387 e. The van der Waals surface area contributed by atoms with Crippen LogP contribution in [0, 0.1) is 17.1 Å². The molecule has 0 spiro atoms. The molecule has 1 rings (SSSR count). The van der Waals surface area contributed by atoms with Gasteiger partial charge < -0.3 is 5.32 Å². The van der Waals surface area contributed by atoms with Crippen molar-refractivity contribution in [2.75, 3.05) is 12.4 Å². The summed E-state index contributed by atoms with van der Waals surface area (Å²) in [7, 11) is 1.69. The molecule has 1 aromatic carbocycles. The standard InChI is InChI=1S/C8H7FN2/c1-11-8-3-2-7(9)4-6(8)5-10/h2-4,11H,1H3. The van der Waals surface area contributed by atoms with E-state index in [0.717, 1.165) is 0 Å². The maximum absolute atomic E-state index is 12.5. The molecule has 1 N–H and O–H groups in total. The number of nitrogens with one attached hydrogen (secondary N) is 1. The summed E-state index contributed by atoms with van der Waals surface area (Å²) in [5.74, 6) is -0.388. The molecule has 0 atom stereocenters. The van der Waals surface area contributed by atoms with Crippen molar-refractivity contribution in [2.45, 2.75) is 0 Å². The summed E-state index contributed by atoms with van der Waals surface area (Å²) in [6.07, 6.45) is 0. The Morgan fingerprint density at radius 1 is 1.55 bits per heavy atom. The molecule has 11 heavy (non-hydrogen) atoms. The molecule has 0 unspecified atom stereocenters. The van der Waals surface area contributed by atoms with E-state index in [1.54, 1.807) is 7.05 Å². The molecule has 0 bridgehead atoms. The third kappa shape index (κ3) is 1.47. The molecular formula is C8H7FN2. The molecule has 2 nitrogen and oxygen atoms in total. The zero-order valence-electron chi connectivity index (χ0n) is 6.06. The zero-order chi connectivity index (χ0) is 8.27. The van der Waals surface area contributed by atoms with Crippen molar-refractivity contribution in [2.24, 2.45) is 0 Å². The number of benzene rings is 1. The zero-order valence-corrected chi connectivity index (χ0v) is 6.06. The van der Waals surface area contributed by atoms with E-state index in [4.69, 9.17) is 5.26 Å². The molecule has 1 aromatic rings. The number of nitriles is 1. The monoisotopic (exact) mass is 150 g/mol. The molecule has 0 aromatic heterocycles. The fourth-order valence-corrected chi connectivity index (χ4v) is 0.827. The van der Waals surface area contributed by atoms with E-state index in [2.05, 4.69) is 5.32 Å². The molecule has 3 heteroatoms. The van der Waals surface area contributed by atoms with E-state index < -0.39 is 0 Å². The first kappa shape index (κ1) is 7.55. The van der Waals surface area contributed by atoms with Gasteiger partial charge in [-0.15, -0.1) is 0 Å². The lowest BCUT2D eigenvalue weighted by Gasteiger charge is -2.00. The van der Waals surface area contributed by atoms with Crippen molar-refractivity contribution >= 4 is 5.69 Å². The first-order chi connectivity index (χ1) is 5.27. The van der Waals surface area contributed by atoms with Gasteiger partial charge >= 0.3 is 0 Å². The maximum atomic E-state index is 12.5. The van der Waals surface area contributed by atoms with Gasteiger partial charge in [0.25, 0.3) is 0 Å². The summed E-state index contributed by atoms with van der Waals surface area (Å²) in [5.41, 5.74) is 0.974. The minimum absolute atomic E-state index is 0.326. The van der Waals surface area contributed by atoms with E-state index >= 15 is 0 Å². The first-order valence-electron chi connectivity index (χ1n) is 3.15. The second kappa shape index (κ2) is 3.02. The predicted molar refractivity (Wildman–Crippen MR) is 40.7 cm³/mol. The quantitative estimate of drug-likeness (QED) is 0.661. The number of rotatable bonds is 1. The number of nitrogens with zero attached hydrogens (tertiary/aromatic N) is 1. The van der Waals surface area contributed by atoms with Crippen LogP contribution in [0.4, 0.5) is 10.1 Å². The van der Waals surface area contributed by atoms with Gasteiger partial charge in [0.15, 0.2) is 0 Å². The van der Waals surface area contributed by atoms with Gasteiger partial charge in [-0.3, -0.25) is 0 Å². The SMILES string of the molecule is CNc1ccc(F)cc1C#N. The van der Waals surface area contributed by atoms with Crippen molar-refractivity contribution in [3.05, 3.63) is 29.6 Å². The Bertz CT molecular complexity index is 301. The molecule has 0 aliphatic rings. The summed E-state index contributed by atoms with van der Waals surface area (Å²) >= 11 is 0. The van der Waals surface area contributed by atoms with Crippen LogP contribution < -0.4 is 5.32 Å². The average molecular weight is 150 g/mol. The van der Waals surface area contributed by atoms with Crippen molar-refractivity contribution in [3.8, 4) is 6.07 Å². The van der Waals surface area contributed by atoms with Gasteiger partial charge in [0.1, 0.15) is 11.9 Å². The molecule has 0 aliphatic carbocycles. The van der Waals surface area contributed by atoms with Crippen molar-refractivity contribution in [1.29, 1.82) is 5.26 Å². The van der Waals surface area contributed by atoms with Gasteiger partial charge in [-0.1, -0.05) is 0 Å². The summed E-state index contributed by atoms with van der Waals surface area (Å²) in [5, 5.41) is 11.3. The second-order valence-corrected chi connectivity index (χ2v) is 2.05. The third-order valence-corrected chi connectivity index (χ3v) is 1.37. The Morgan fingerprint density at radius 3 is 2.82 bits per heavy atom. The highest BCUT2D eigenvalue weighted by molar-refractivity contribution is 5.56. The van der Waals surface area contributed by atoms with Crippen LogP contribution in [0.5, 0.6) is 0 Å². The highest BCUT2D eigenvalue weighted by Crippen LogP contribution is 2.14. The molecule has 0 heterocycles. The van der Waals surface area contributed by atoms with Crippen LogP contribution in [0.25, 0.3) is 0 Å². The fourth-order valence-electron chi connectivity index (χ4n) is 0.827.